The molecule has 0 fully saturated rings. The molecule has 5 nitrogen and oxygen atoms in total. The molecule has 0 aliphatic heterocycles. The van der Waals surface area contributed by atoms with E-state index in [2.05, 4.69) is 12.6 Å². The molecule has 27 heavy (non-hydrogen) atoms. The van der Waals surface area contributed by atoms with E-state index < -0.39 is 0 Å². The Morgan fingerprint density at radius 3 is 2.67 bits per heavy atom. The first-order chi connectivity index (χ1) is 13.1. The van der Waals surface area contributed by atoms with Gasteiger partial charge in [0.25, 0.3) is 5.91 Å². The van der Waals surface area contributed by atoms with E-state index in [1.807, 2.05) is 18.2 Å². The van der Waals surface area contributed by atoms with Crippen molar-refractivity contribution in [3.05, 3.63) is 77.6 Å². The van der Waals surface area contributed by atoms with Gasteiger partial charge in [0, 0.05) is 18.5 Å². The Bertz CT molecular complexity index is 1030. The molecule has 3 aromatic rings. The lowest BCUT2D eigenvalue weighted by Gasteiger charge is -2.21. The van der Waals surface area contributed by atoms with E-state index in [1.54, 1.807) is 49.3 Å². The lowest BCUT2D eigenvalue weighted by Crippen LogP contribution is -2.31. The molecule has 136 valence electrons. The van der Waals surface area contributed by atoms with Crippen molar-refractivity contribution in [3.8, 4) is 11.8 Å². The molecule has 0 spiro atoms. The standard InChI is InChI=1S/C22H20N2O3/c1-4-11-24(14-17-7-5-16(13-23)6-8-17)22(25)21-15(2)27-20-10-9-18(26-3)12-19(20)21/h4-10,12H,1,11,14H2,2-3H3. The molecule has 3 rings (SSSR count). The van der Waals surface area contributed by atoms with Crippen LogP contribution in [0.15, 0.2) is 59.5 Å². The summed E-state index contributed by atoms with van der Waals surface area (Å²) in [4.78, 5) is 15.0. The Morgan fingerprint density at radius 1 is 1.30 bits per heavy atom. The van der Waals surface area contributed by atoms with Crippen LogP contribution in [0.1, 0.15) is 27.2 Å². The van der Waals surface area contributed by atoms with Crippen LogP contribution in [0, 0.1) is 18.3 Å². The number of amides is 1. The van der Waals surface area contributed by atoms with Crippen molar-refractivity contribution in [1.82, 2.24) is 4.90 Å². The number of carbonyl (C=O) groups excluding carboxylic acids is 1. The van der Waals surface area contributed by atoms with Crippen LogP contribution in [0.4, 0.5) is 0 Å². The van der Waals surface area contributed by atoms with E-state index in [1.165, 1.54) is 0 Å². The maximum atomic E-state index is 13.3. The van der Waals surface area contributed by atoms with Gasteiger partial charge in [-0.05, 0) is 42.8 Å². The minimum absolute atomic E-state index is 0.135. The third-order valence-corrected chi connectivity index (χ3v) is 4.38. The van der Waals surface area contributed by atoms with Crippen LogP contribution in [-0.2, 0) is 6.54 Å². The second-order valence-electron chi connectivity index (χ2n) is 6.18. The summed E-state index contributed by atoms with van der Waals surface area (Å²) in [5.74, 6) is 1.10. The molecule has 0 saturated heterocycles. The van der Waals surface area contributed by atoms with Crippen LogP contribution in [0.2, 0.25) is 0 Å². The summed E-state index contributed by atoms with van der Waals surface area (Å²) in [5.41, 5.74) is 2.70. The normalized spacial score (nSPS) is 10.4. The van der Waals surface area contributed by atoms with E-state index in [9.17, 15) is 4.79 Å². The summed E-state index contributed by atoms with van der Waals surface area (Å²) in [5, 5.41) is 9.66. The third kappa shape index (κ3) is 3.70. The SMILES string of the molecule is C=CCN(Cc1ccc(C#N)cc1)C(=O)c1c(C)oc2ccc(OC)cc12. The van der Waals surface area contributed by atoms with Crippen LogP contribution in [0.3, 0.4) is 0 Å². The Morgan fingerprint density at radius 2 is 2.04 bits per heavy atom. The summed E-state index contributed by atoms with van der Waals surface area (Å²) in [6, 6.07) is 14.7. The first-order valence-electron chi connectivity index (χ1n) is 8.53. The van der Waals surface area contributed by atoms with Crippen molar-refractivity contribution in [2.45, 2.75) is 13.5 Å². The molecule has 0 unspecified atom stereocenters. The number of nitriles is 1. The highest BCUT2D eigenvalue weighted by atomic mass is 16.5. The Labute approximate surface area is 158 Å². The number of aryl methyl sites for hydroxylation is 1. The summed E-state index contributed by atoms with van der Waals surface area (Å²) >= 11 is 0. The number of methoxy groups -OCH3 is 1. The molecule has 1 aromatic heterocycles. The molecule has 1 heterocycles. The zero-order valence-corrected chi connectivity index (χ0v) is 15.4. The number of hydrogen-bond donors (Lipinski definition) is 0. The summed E-state index contributed by atoms with van der Waals surface area (Å²) < 4.78 is 11.0. The van der Waals surface area contributed by atoms with Crippen LogP contribution < -0.4 is 4.74 Å². The monoisotopic (exact) mass is 360 g/mol. The number of carbonyl (C=O) groups is 1. The van der Waals surface area contributed by atoms with Crippen LogP contribution >= 0.6 is 0 Å². The highest BCUT2D eigenvalue weighted by Gasteiger charge is 2.23. The minimum Gasteiger partial charge on any atom is -0.497 e. The molecule has 0 bridgehead atoms. The number of fused-ring (bicyclic) bond motifs is 1. The molecule has 0 N–H and O–H groups in total. The average molecular weight is 360 g/mol. The van der Waals surface area contributed by atoms with Crippen molar-refractivity contribution >= 4 is 16.9 Å². The molecule has 0 aliphatic rings. The predicted octanol–water partition coefficient (Wildman–Crippen LogP) is 4.45. The Balaban J connectivity index is 1.97. The van der Waals surface area contributed by atoms with Gasteiger partial charge in [0.2, 0.25) is 0 Å². The molecule has 0 saturated carbocycles. The zero-order valence-electron chi connectivity index (χ0n) is 15.4. The van der Waals surface area contributed by atoms with Crippen molar-refractivity contribution in [1.29, 1.82) is 5.26 Å². The van der Waals surface area contributed by atoms with E-state index in [-0.39, 0.29) is 5.91 Å². The van der Waals surface area contributed by atoms with Gasteiger partial charge in [0.05, 0.1) is 24.3 Å². The fourth-order valence-corrected chi connectivity index (χ4v) is 3.03. The summed E-state index contributed by atoms with van der Waals surface area (Å²) in [6.07, 6.45) is 1.69. The largest absolute Gasteiger partial charge is 0.497 e. The third-order valence-electron chi connectivity index (χ3n) is 4.38. The van der Waals surface area contributed by atoms with Crippen LogP contribution in [0.25, 0.3) is 11.0 Å². The van der Waals surface area contributed by atoms with E-state index >= 15 is 0 Å². The second-order valence-corrected chi connectivity index (χ2v) is 6.18. The van der Waals surface area contributed by atoms with Crippen molar-refractivity contribution in [2.75, 3.05) is 13.7 Å². The summed E-state index contributed by atoms with van der Waals surface area (Å²) in [7, 11) is 1.59. The average Bonchev–Trinajstić information content (AvgIpc) is 3.02. The highest BCUT2D eigenvalue weighted by Crippen LogP contribution is 2.30. The van der Waals surface area contributed by atoms with Gasteiger partial charge in [-0.2, -0.15) is 5.26 Å². The van der Waals surface area contributed by atoms with Gasteiger partial charge in [0.1, 0.15) is 17.1 Å². The predicted molar refractivity (Wildman–Crippen MR) is 104 cm³/mol. The molecular formula is C22H20N2O3. The smallest absolute Gasteiger partial charge is 0.258 e. The van der Waals surface area contributed by atoms with Gasteiger partial charge in [0.15, 0.2) is 0 Å². The van der Waals surface area contributed by atoms with Gasteiger partial charge >= 0.3 is 0 Å². The van der Waals surface area contributed by atoms with Crippen molar-refractivity contribution in [3.63, 3.8) is 0 Å². The number of hydrogen-bond acceptors (Lipinski definition) is 4. The minimum atomic E-state index is -0.135. The maximum absolute atomic E-state index is 13.3. The fourth-order valence-electron chi connectivity index (χ4n) is 3.03. The lowest BCUT2D eigenvalue weighted by atomic mass is 10.1. The topological polar surface area (TPSA) is 66.5 Å². The van der Waals surface area contributed by atoms with Gasteiger partial charge in [-0.25, -0.2) is 0 Å². The zero-order chi connectivity index (χ0) is 19.4. The molecule has 0 radical (unpaired) electrons. The van der Waals surface area contributed by atoms with Gasteiger partial charge in [-0.1, -0.05) is 18.2 Å². The first kappa shape index (κ1) is 18.3. The van der Waals surface area contributed by atoms with Gasteiger partial charge in [-0.15, -0.1) is 6.58 Å². The second kappa shape index (κ2) is 7.79. The first-order valence-corrected chi connectivity index (χ1v) is 8.53. The molecule has 0 atom stereocenters. The number of ether oxygens (including phenoxy) is 1. The van der Waals surface area contributed by atoms with Gasteiger partial charge in [-0.3, -0.25) is 4.79 Å². The van der Waals surface area contributed by atoms with E-state index in [4.69, 9.17) is 14.4 Å². The van der Waals surface area contributed by atoms with E-state index in [0.29, 0.717) is 41.3 Å². The van der Waals surface area contributed by atoms with Crippen LogP contribution in [0.5, 0.6) is 5.75 Å². The number of rotatable bonds is 6. The molecule has 2 aromatic carbocycles. The lowest BCUT2D eigenvalue weighted by molar-refractivity contribution is 0.0762. The van der Waals surface area contributed by atoms with Gasteiger partial charge < -0.3 is 14.1 Å². The molecule has 0 aliphatic carbocycles. The summed E-state index contributed by atoms with van der Waals surface area (Å²) in [6.45, 7) is 6.36. The number of benzene rings is 2. The number of furan rings is 1. The quantitative estimate of drug-likeness (QED) is 0.609. The molecule has 1 amide bonds. The van der Waals surface area contributed by atoms with Crippen molar-refractivity contribution < 1.29 is 13.9 Å². The Kier molecular flexibility index (Phi) is 5.28. The van der Waals surface area contributed by atoms with Crippen molar-refractivity contribution in [2.24, 2.45) is 0 Å². The highest BCUT2D eigenvalue weighted by molar-refractivity contribution is 6.07. The van der Waals surface area contributed by atoms with Crippen LogP contribution in [-0.4, -0.2) is 24.5 Å². The number of nitrogens with zero attached hydrogens (tertiary/aromatic N) is 2. The van der Waals surface area contributed by atoms with E-state index in [0.717, 1.165) is 10.9 Å². The fraction of sp³-hybridized carbons (Fsp3) is 0.182. The molecular weight excluding hydrogens is 340 g/mol. The molecule has 5 heteroatoms. The Hall–Kier alpha value is -3.52. The maximum Gasteiger partial charge on any atom is 0.258 e.